The van der Waals surface area contributed by atoms with Gasteiger partial charge < -0.3 is 31.6 Å². The summed E-state index contributed by atoms with van der Waals surface area (Å²) in [4.78, 5) is 55.0. The summed E-state index contributed by atoms with van der Waals surface area (Å²) < 4.78 is 11.3. The number of rotatable bonds is 38. The van der Waals surface area contributed by atoms with Crippen LogP contribution in [0.15, 0.2) is 4.99 Å². The van der Waals surface area contributed by atoms with Gasteiger partial charge in [0.1, 0.15) is 6.04 Å². The maximum atomic E-state index is 13.0. The van der Waals surface area contributed by atoms with Gasteiger partial charge in [0.25, 0.3) is 0 Å². The minimum atomic E-state index is -0.723. The van der Waals surface area contributed by atoms with Crippen molar-refractivity contribution in [2.45, 2.75) is 207 Å². The third-order valence-corrected chi connectivity index (χ3v) is 10.1. The number of hydrogen-bond acceptors (Lipinski definition) is 7. The highest BCUT2D eigenvalue weighted by Gasteiger charge is 2.22. The molecule has 0 aliphatic heterocycles. The van der Waals surface area contributed by atoms with Gasteiger partial charge in [-0.25, -0.2) is 0 Å². The van der Waals surface area contributed by atoms with Crippen molar-refractivity contribution in [2.75, 3.05) is 26.3 Å². The molecule has 0 rings (SSSR count). The van der Waals surface area contributed by atoms with Gasteiger partial charge in [-0.2, -0.15) is 0 Å². The first kappa shape index (κ1) is 51.1. The zero-order valence-corrected chi connectivity index (χ0v) is 35.2. The summed E-state index contributed by atoms with van der Waals surface area (Å²) in [5.41, 5.74) is 10.9. The molecule has 3 unspecified atom stereocenters. The Hall–Kier alpha value is -2.85. The zero-order valence-electron chi connectivity index (χ0n) is 35.2. The fraction of sp³-hybridized carbons (Fsp3) is 0.884. The Morgan fingerprint density at radius 3 is 1.48 bits per heavy atom. The van der Waals surface area contributed by atoms with Crippen LogP contribution in [0.4, 0.5) is 0 Å². The standard InChI is InChI=1S/C43H83N5O6/c1-5-9-13-20-28-36(26-11-7-3)41(51)53-34-24-18-16-15-17-23-32-46-40(50)38(31-33-47-43(44)45)48-39(49)30-22-19-25-35-54-42(52)37(27-12-8-4)29-21-14-10-6-2/h36-38H,5-35H2,1-4H3,(H,46,50)(H,48,49)(H4,44,45,47). The number of guanidine groups is 1. The van der Waals surface area contributed by atoms with Gasteiger partial charge in [-0.1, -0.05) is 130 Å². The topological polar surface area (TPSA) is 175 Å². The lowest BCUT2D eigenvalue weighted by atomic mass is 9.95. The van der Waals surface area contributed by atoms with Gasteiger partial charge in [0.2, 0.25) is 11.8 Å². The second-order valence-corrected chi connectivity index (χ2v) is 15.2. The predicted octanol–water partition coefficient (Wildman–Crippen LogP) is 8.79. The lowest BCUT2D eigenvalue weighted by Crippen LogP contribution is -2.47. The van der Waals surface area contributed by atoms with Gasteiger partial charge in [-0.15, -0.1) is 0 Å². The van der Waals surface area contributed by atoms with E-state index in [0.29, 0.717) is 39.0 Å². The molecule has 0 fully saturated rings. The van der Waals surface area contributed by atoms with E-state index in [1.54, 1.807) is 0 Å². The maximum absolute atomic E-state index is 13.0. The molecule has 0 radical (unpaired) electrons. The smallest absolute Gasteiger partial charge is 0.308 e. The fourth-order valence-electron chi connectivity index (χ4n) is 6.57. The molecule has 6 N–H and O–H groups in total. The molecule has 3 atom stereocenters. The molecule has 11 heteroatoms. The quantitative estimate of drug-likeness (QED) is 0.0209. The molecule has 0 aromatic rings. The molecule has 0 aromatic carbocycles. The Kier molecular flexibility index (Phi) is 35.1. The summed E-state index contributed by atoms with van der Waals surface area (Å²) in [5, 5.41) is 5.82. The summed E-state index contributed by atoms with van der Waals surface area (Å²) in [6.07, 6.45) is 25.8. The molecule has 0 heterocycles. The van der Waals surface area contributed by atoms with Gasteiger partial charge in [0.15, 0.2) is 5.96 Å². The summed E-state index contributed by atoms with van der Waals surface area (Å²) >= 11 is 0. The number of carbonyl (C=O) groups is 4. The number of carbonyl (C=O) groups excluding carboxylic acids is 4. The minimum absolute atomic E-state index is 0.0120. The molecule has 0 saturated carbocycles. The van der Waals surface area contributed by atoms with Crippen molar-refractivity contribution in [3.8, 4) is 0 Å². The third-order valence-electron chi connectivity index (χ3n) is 10.1. The van der Waals surface area contributed by atoms with E-state index in [1.807, 2.05) is 0 Å². The van der Waals surface area contributed by atoms with E-state index in [2.05, 4.69) is 43.3 Å². The van der Waals surface area contributed by atoms with Crippen molar-refractivity contribution in [2.24, 2.45) is 28.3 Å². The van der Waals surface area contributed by atoms with Gasteiger partial charge >= 0.3 is 11.9 Å². The van der Waals surface area contributed by atoms with Crippen LogP contribution in [0.25, 0.3) is 0 Å². The van der Waals surface area contributed by atoms with Crippen LogP contribution in [0, 0.1) is 11.8 Å². The molecule has 0 aliphatic rings. The SMILES string of the molecule is CCCCCCC(CCCC)C(=O)OCCCCCCCCNC(=O)C(CCN=C(N)N)NC(=O)CCCCCOC(=O)C(CCCC)CCCCCC. The highest BCUT2D eigenvalue weighted by molar-refractivity contribution is 5.87. The van der Waals surface area contributed by atoms with Crippen molar-refractivity contribution in [3.63, 3.8) is 0 Å². The van der Waals surface area contributed by atoms with E-state index >= 15 is 0 Å². The van der Waals surface area contributed by atoms with Crippen LogP contribution in [-0.4, -0.2) is 62.1 Å². The van der Waals surface area contributed by atoms with Crippen molar-refractivity contribution < 1.29 is 28.7 Å². The molecule has 11 nitrogen and oxygen atoms in total. The first-order chi connectivity index (χ1) is 26.2. The highest BCUT2D eigenvalue weighted by Crippen LogP contribution is 2.21. The molecule has 54 heavy (non-hydrogen) atoms. The molecule has 0 aliphatic carbocycles. The Labute approximate surface area is 330 Å². The van der Waals surface area contributed by atoms with E-state index in [9.17, 15) is 19.2 Å². The van der Waals surface area contributed by atoms with Crippen LogP contribution in [0.2, 0.25) is 0 Å². The molecule has 0 bridgehead atoms. The molecular weight excluding hydrogens is 683 g/mol. The van der Waals surface area contributed by atoms with E-state index in [0.717, 1.165) is 116 Å². The van der Waals surface area contributed by atoms with Crippen molar-refractivity contribution >= 4 is 29.7 Å². The van der Waals surface area contributed by atoms with Crippen LogP contribution in [0.1, 0.15) is 201 Å². The van der Waals surface area contributed by atoms with E-state index in [-0.39, 0.29) is 54.5 Å². The van der Waals surface area contributed by atoms with Gasteiger partial charge in [0.05, 0.1) is 25.0 Å². The number of ether oxygens (including phenoxy) is 2. The summed E-state index contributed by atoms with van der Waals surface area (Å²) in [6.45, 7) is 10.3. The van der Waals surface area contributed by atoms with Crippen LogP contribution in [-0.2, 0) is 28.7 Å². The summed E-state index contributed by atoms with van der Waals surface area (Å²) in [6, 6.07) is -0.723. The first-order valence-electron chi connectivity index (χ1n) is 22.2. The molecule has 0 aromatic heterocycles. The number of hydrogen-bond donors (Lipinski definition) is 4. The number of nitrogens with one attached hydrogen (secondary N) is 2. The Bertz CT molecular complexity index is 974. The maximum Gasteiger partial charge on any atom is 0.308 e. The van der Waals surface area contributed by atoms with Crippen molar-refractivity contribution in [1.29, 1.82) is 0 Å². The Morgan fingerprint density at radius 2 is 0.981 bits per heavy atom. The second-order valence-electron chi connectivity index (χ2n) is 15.2. The third kappa shape index (κ3) is 30.5. The first-order valence-corrected chi connectivity index (χ1v) is 22.2. The molecular formula is C43H83N5O6. The molecule has 0 spiro atoms. The van der Waals surface area contributed by atoms with Gasteiger partial charge in [-0.3, -0.25) is 24.2 Å². The van der Waals surface area contributed by atoms with Crippen LogP contribution in [0.5, 0.6) is 0 Å². The molecule has 2 amide bonds. The van der Waals surface area contributed by atoms with Gasteiger partial charge in [0, 0.05) is 19.5 Å². The lowest BCUT2D eigenvalue weighted by Gasteiger charge is -2.18. The van der Waals surface area contributed by atoms with Crippen molar-refractivity contribution in [1.82, 2.24) is 10.6 Å². The number of nitrogens with zero attached hydrogens (tertiary/aromatic N) is 1. The van der Waals surface area contributed by atoms with Crippen molar-refractivity contribution in [3.05, 3.63) is 0 Å². The monoisotopic (exact) mass is 766 g/mol. The van der Waals surface area contributed by atoms with Crippen LogP contribution < -0.4 is 22.1 Å². The summed E-state index contributed by atoms with van der Waals surface area (Å²) in [5.74, 6) is -0.554. The number of nitrogens with two attached hydrogens (primary N) is 2. The lowest BCUT2D eigenvalue weighted by molar-refractivity contribution is -0.150. The second kappa shape index (κ2) is 37.1. The normalized spacial score (nSPS) is 12.7. The fourth-order valence-corrected chi connectivity index (χ4v) is 6.57. The highest BCUT2D eigenvalue weighted by atomic mass is 16.5. The number of amides is 2. The largest absolute Gasteiger partial charge is 0.465 e. The van der Waals surface area contributed by atoms with Crippen LogP contribution in [0.3, 0.4) is 0 Å². The minimum Gasteiger partial charge on any atom is -0.465 e. The van der Waals surface area contributed by atoms with Crippen LogP contribution >= 0.6 is 0 Å². The zero-order chi connectivity index (χ0) is 40.1. The van der Waals surface area contributed by atoms with E-state index in [4.69, 9.17) is 20.9 Å². The predicted molar refractivity (Wildman–Crippen MR) is 222 cm³/mol. The number of unbranched alkanes of at least 4 members (excludes halogenated alkanes) is 15. The number of aliphatic imine (C=N–C) groups is 1. The van der Waals surface area contributed by atoms with E-state index in [1.165, 1.54) is 32.1 Å². The van der Waals surface area contributed by atoms with E-state index < -0.39 is 6.04 Å². The molecule has 0 saturated heterocycles. The molecule has 316 valence electrons. The van der Waals surface area contributed by atoms with Gasteiger partial charge in [-0.05, 0) is 64.2 Å². The Balaban J connectivity index is 4.37. The number of esters is 2. The Morgan fingerprint density at radius 1 is 0.537 bits per heavy atom. The average Bonchev–Trinajstić information content (AvgIpc) is 3.15. The average molecular weight is 766 g/mol. The summed E-state index contributed by atoms with van der Waals surface area (Å²) in [7, 11) is 0.